The third kappa shape index (κ3) is 3.10. The standard InChI is InChI=1S/C15H16N2O/c1-12(13-8-10-15(18-2)11-9-13)16-17-14-6-4-3-5-7-14/h3-11,17H,1-2H3. The molecule has 0 heterocycles. The molecule has 0 atom stereocenters. The van der Waals surface area contributed by atoms with E-state index in [1.54, 1.807) is 7.11 Å². The van der Waals surface area contributed by atoms with Crippen LogP contribution in [0.4, 0.5) is 5.69 Å². The predicted molar refractivity (Wildman–Crippen MR) is 75.3 cm³/mol. The van der Waals surface area contributed by atoms with Crippen molar-refractivity contribution in [3.8, 4) is 5.75 Å². The van der Waals surface area contributed by atoms with Crippen LogP contribution in [0.3, 0.4) is 0 Å². The number of nitrogens with one attached hydrogen (secondary N) is 1. The number of nitrogens with zero attached hydrogens (tertiary/aromatic N) is 1. The van der Waals surface area contributed by atoms with Crippen molar-refractivity contribution < 1.29 is 4.74 Å². The SMILES string of the molecule is COc1ccc(C(C)=NNc2ccccc2)cc1. The Bertz CT molecular complexity index is 518. The summed E-state index contributed by atoms with van der Waals surface area (Å²) in [5.74, 6) is 0.850. The minimum atomic E-state index is 0.850. The molecule has 0 amide bonds. The predicted octanol–water partition coefficient (Wildman–Crippen LogP) is 3.53. The Kier molecular flexibility index (Phi) is 3.97. The molecule has 3 nitrogen and oxygen atoms in total. The van der Waals surface area contributed by atoms with E-state index in [1.807, 2.05) is 61.5 Å². The van der Waals surface area contributed by atoms with Gasteiger partial charge in [-0.3, -0.25) is 5.43 Å². The second kappa shape index (κ2) is 5.87. The second-order valence-corrected chi connectivity index (χ2v) is 3.90. The lowest BCUT2D eigenvalue weighted by atomic mass is 10.1. The van der Waals surface area contributed by atoms with Gasteiger partial charge in [-0.2, -0.15) is 5.10 Å². The molecular formula is C15H16N2O. The third-order valence-electron chi connectivity index (χ3n) is 2.63. The Morgan fingerprint density at radius 3 is 2.28 bits per heavy atom. The molecule has 0 aliphatic rings. The number of hydrogen-bond donors (Lipinski definition) is 1. The summed E-state index contributed by atoms with van der Waals surface area (Å²) < 4.78 is 5.12. The summed E-state index contributed by atoms with van der Waals surface area (Å²) >= 11 is 0. The maximum absolute atomic E-state index is 5.12. The van der Waals surface area contributed by atoms with Crippen LogP contribution in [0.25, 0.3) is 0 Å². The minimum absolute atomic E-state index is 0.850. The summed E-state index contributed by atoms with van der Waals surface area (Å²) in [4.78, 5) is 0. The van der Waals surface area contributed by atoms with E-state index in [1.165, 1.54) is 0 Å². The second-order valence-electron chi connectivity index (χ2n) is 3.90. The van der Waals surface area contributed by atoms with Gasteiger partial charge < -0.3 is 4.74 Å². The van der Waals surface area contributed by atoms with Crippen LogP contribution >= 0.6 is 0 Å². The van der Waals surface area contributed by atoms with Gasteiger partial charge in [0.05, 0.1) is 18.5 Å². The third-order valence-corrected chi connectivity index (χ3v) is 2.63. The number of hydrogen-bond acceptors (Lipinski definition) is 3. The van der Waals surface area contributed by atoms with E-state index in [4.69, 9.17) is 4.74 Å². The van der Waals surface area contributed by atoms with Crippen molar-refractivity contribution in [2.24, 2.45) is 5.10 Å². The first-order valence-corrected chi connectivity index (χ1v) is 5.79. The molecule has 18 heavy (non-hydrogen) atoms. The summed E-state index contributed by atoms with van der Waals surface area (Å²) in [6.07, 6.45) is 0. The molecule has 0 aliphatic heterocycles. The fraction of sp³-hybridized carbons (Fsp3) is 0.133. The Morgan fingerprint density at radius 2 is 1.67 bits per heavy atom. The minimum Gasteiger partial charge on any atom is -0.497 e. The van der Waals surface area contributed by atoms with E-state index in [-0.39, 0.29) is 0 Å². The highest BCUT2D eigenvalue weighted by molar-refractivity contribution is 5.99. The Labute approximate surface area is 107 Å². The molecule has 2 aromatic rings. The fourth-order valence-electron chi connectivity index (χ4n) is 1.56. The number of anilines is 1. The van der Waals surface area contributed by atoms with Gasteiger partial charge in [-0.1, -0.05) is 18.2 Å². The molecule has 0 unspecified atom stereocenters. The highest BCUT2D eigenvalue weighted by Crippen LogP contribution is 2.12. The van der Waals surface area contributed by atoms with Crippen LogP contribution in [-0.4, -0.2) is 12.8 Å². The molecule has 0 saturated heterocycles. The van der Waals surface area contributed by atoms with Gasteiger partial charge in [0, 0.05) is 0 Å². The zero-order valence-electron chi connectivity index (χ0n) is 10.6. The lowest BCUT2D eigenvalue weighted by Crippen LogP contribution is -1.99. The van der Waals surface area contributed by atoms with Gasteiger partial charge in [0.1, 0.15) is 5.75 Å². The van der Waals surface area contributed by atoms with E-state index in [9.17, 15) is 0 Å². The molecule has 2 aromatic carbocycles. The van der Waals surface area contributed by atoms with Crippen LogP contribution in [0, 0.1) is 0 Å². The highest BCUT2D eigenvalue weighted by Gasteiger charge is 1.98. The molecular weight excluding hydrogens is 224 g/mol. The number of ether oxygens (including phenoxy) is 1. The van der Waals surface area contributed by atoms with Crippen molar-refractivity contribution in [1.82, 2.24) is 0 Å². The van der Waals surface area contributed by atoms with Gasteiger partial charge in [0.15, 0.2) is 0 Å². The van der Waals surface area contributed by atoms with Gasteiger partial charge in [0.25, 0.3) is 0 Å². The summed E-state index contributed by atoms with van der Waals surface area (Å²) in [6.45, 7) is 1.97. The van der Waals surface area contributed by atoms with Crippen LogP contribution in [0.5, 0.6) is 5.75 Å². The molecule has 0 radical (unpaired) electrons. The van der Waals surface area contributed by atoms with Crippen molar-refractivity contribution in [1.29, 1.82) is 0 Å². The Morgan fingerprint density at radius 1 is 1.00 bits per heavy atom. The van der Waals surface area contributed by atoms with Gasteiger partial charge >= 0.3 is 0 Å². The van der Waals surface area contributed by atoms with Gasteiger partial charge in [0.2, 0.25) is 0 Å². The monoisotopic (exact) mass is 240 g/mol. The van der Waals surface area contributed by atoms with E-state index in [2.05, 4.69) is 10.5 Å². The fourth-order valence-corrected chi connectivity index (χ4v) is 1.56. The van der Waals surface area contributed by atoms with Gasteiger partial charge in [-0.05, 0) is 48.9 Å². The van der Waals surface area contributed by atoms with Crippen molar-refractivity contribution in [3.63, 3.8) is 0 Å². The van der Waals surface area contributed by atoms with Gasteiger partial charge in [-0.15, -0.1) is 0 Å². The lowest BCUT2D eigenvalue weighted by molar-refractivity contribution is 0.415. The maximum atomic E-state index is 5.12. The van der Waals surface area contributed by atoms with Crippen molar-refractivity contribution in [2.75, 3.05) is 12.5 Å². The van der Waals surface area contributed by atoms with E-state index in [0.717, 1.165) is 22.7 Å². The van der Waals surface area contributed by atoms with Crippen molar-refractivity contribution in [3.05, 3.63) is 60.2 Å². The first-order valence-electron chi connectivity index (χ1n) is 5.79. The van der Waals surface area contributed by atoms with Crippen LogP contribution < -0.4 is 10.2 Å². The normalized spacial score (nSPS) is 11.1. The lowest BCUT2D eigenvalue weighted by Gasteiger charge is -2.04. The van der Waals surface area contributed by atoms with Crippen LogP contribution in [0.1, 0.15) is 12.5 Å². The Hall–Kier alpha value is -2.29. The topological polar surface area (TPSA) is 33.6 Å². The molecule has 0 saturated carbocycles. The summed E-state index contributed by atoms with van der Waals surface area (Å²) in [5, 5.41) is 4.35. The number of hydrazone groups is 1. The summed E-state index contributed by atoms with van der Waals surface area (Å²) in [7, 11) is 1.66. The smallest absolute Gasteiger partial charge is 0.118 e. The number of benzene rings is 2. The molecule has 2 rings (SSSR count). The first kappa shape index (κ1) is 12.2. The van der Waals surface area contributed by atoms with E-state index < -0.39 is 0 Å². The largest absolute Gasteiger partial charge is 0.497 e. The maximum Gasteiger partial charge on any atom is 0.118 e. The average molecular weight is 240 g/mol. The zero-order valence-corrected chi connectivity index (χ0v) is 10.6. The van der Waals surface area contributed by atoms with E-state index in [0.29, 0.717) is 0 Å². The summed E-state index contributed by atoms with van der Waals surface area (Å²) in [6, 6.07) is 17.7. The molecule has 1 N–H and O–H groups in total. The number of para-hydroxylation sites is 1. The van der Waals surface area contributed by atoms with Crippen LogP contribution in [0.2, 0.25) is 0 Å². The molecule has 3 heteroatoms. The molecule has 0 aliphatic carbocycles. The van der Waals surface area contributed by atoms with Crippen LogP contribution in [0.15, 0.2) is 59.7 Å². The average Bonchev–Trinajstić information content (AvgIpc) is 2.46. The highest BCUT2D eigenvalue weighted by atomic mass is 16.5. The Balaban J connectivity index is 2.08. The van der Waals surface area contributed by atoms with Gasteiger partial charge in [-0.25, -0.2) is 0 Å². The number of rotatable bonds is 4. The van der Waals surface area contributed by atoms with Crippen LogP contribution in [-0.2, 0) is 0 Å². The molecule has 0 spiro atoms. The first-order chi connectivity index (χ1) is 8.79. The molecule has 0 aromatic heterocycles. The zero-order chi connectivity index (χ0) is 12.8. The summed E-state index contributed by atoms with van der Waals surface area (Å²) in [5.41, 5.74) is 6.01. The quantitative estimate of drug-likeness (QED) is 0.655. The molecule has 92 valence electrons. The molecule has 0 fully saturated rings. The molecule has 0 bridgehead atoms. The van der Waals surface area contributed by atoms with Crippen molar-refractivity contribution >= 4 is 11.4 Å². The number of methoxy groups -OCH3 is 1. The van der Waals surface area contributed by atoms with Crippen molar-refractivity contribution in [2.45, 2.75) is 6.92 Å². The van der Waals surface area contributed by atoms with E-state index >= 15 is 0 Å².